The molecule has 0 radical (unpaired) electrons. The Morgan fingerprint density at radius 2 is 1.90 bits per heavy atom. The zero-order valence-electron chi connectivity index (χ0n) is 11.1. The third kappa shape index (κ3) is 4.16. The molecule has 2 aromatic carbocycles. The minimum Gasteiger partial charge on any atom is -0.488 e. The minimum absolute atomic E-state index is 0.0551. The van der Waals surface area contributed by atoms with Crippen molar-refractivity contribution in [1.29, 1.82) is 0 Å². The highest BCUT2D eigenvalue weighted by molar-refractivity contribution is 9.10. The predicted octanol–water partition coefficient (Wildman–Crippen LogP) is 3.47. The molecular formula is C16H13BrO4. The lowest BCUT2D eigenvalue weighted by Crippen LogP contribution is -2.06. The third-order valence-corrected chi connectivity index (χ3v) is 3.44. The second-order valence-electron chi connectivity index (χ2n) is 4.43. The summed E-state index contributed by atoms with van der Waals surface area (Å²) in [4.78, 5) is 21.9. The monoisotopic (exact) mass is 348 g/mol. The fraction of sp³-hybridized carbons (Fsp3) is 0.125. The van der Waals surface area contributed by atoms with Crippen molar-refractivity contribution < 1.29 is 19.4 Å². The lowest BCUT2D eigenvalue weighted by atomic mass is 10.1. The van der Waals surface area contributed by atoms with E-state index in [1.54, 1.807) is 30.3 Å². The Bertz CT molecular complexity index is 667. The SMILES string of the molecule is O=Cc1cc(Br)ccc1OCc1ccccc1CC(=O)O. The van der Waals surface area contributed by atoms with Gasteiger partial charge in [-0.2, -0.15) is 0 Å². The number of benzene rings is 2. The summed E-state index contributed by atoms with van der Waals surface area (Å²) in [7, 11) is 0. The second-order valence-corrected chi connectivity index (χ2v) is 5.34. The van der Waals surface area contributed by atoms with Crippen LogP contribution in [-0.4, -0.2) is 17.4 Å². The first-order valence-electron chi connectivity index (χ1n) is 6.26. The molecule has 108 valence electrons. The van der Waals surface area contributed by atoms with Crippen molar-refractivity contribution in [1.82, 2.24) is 0 Å². The maximum Gasteiger partial charge on any atom is 0.307 e. The Kier molecular flexibility index (Phi) is 5.11. The molecule has 1 N–H and O–H groups in total. The first-order valence-corrected chi connectivity index (χ1v) is 7.05. The van der Waals surface area contributed by atoms with Crippen molar-refractivity contribution in [3.63, 3.8) is 0 Å². The number of rotatable bonds is 6. The van der Waals surface area contributed by atoms with E-state index < -0.39 is 5.97 Å². The van der Waals surface area contributed by atoms with Gasteiger partial charge in [-0.05, 0) is 29.3 Å². The molecule has 0 heterocycles. The highest BCUT2D eigenvalue weighted by Crippen LogP contribution is 2.23. The topological polar surface area (TPSA) is 63.6 Å². The Balaban J connectivity index is 2.17. The summed E-state index contributed by atoms with van der Waals surface area (Å²) in [5, 5.41) is 8.90. The van der Waals surface area contributed by atoms with Gasteiger partial charge in [-0.15, -0.1) is 0 Å². The van der Waals surface area contributed by atoms with Crippen LogP contribution in [0.25, 0.3) is 0 Å². The molecule has 5 heteroatoms. The van der Waals surface area contributed by atoms with Crippen LogP contribution in [0.3, 0.4) is 0 Å². The van der Waals surface area contributed by atoms with Gasteiger partial charge < -0.3 is 9.84 Å². The molecule has 0 unspecified atom stereocenters. The van der Waals surface area contributed by atoms with Gasteiger partial charge in [0, 0.05) is 4.47 Å². The van der Waals surface area contributed by atoms with Gasteiger partial charge in [0.15, 0.2) is 6.29 Å². The molecule has 0 saturated heterocycles. The van der Waals surface area contributed by atoms with Gasteiger partial charge in [0.25, 0.3) is 0 Å². The van der Waals surface area contributed by atoms with Crippen molar-refractivity contribution in [2.24, 2.45) is 0 Å². The molecule has 0 bridgehead atoms. The first kappa shape index (κ1) is 15.3. The number of halogens is 1. The standard InChI is InChI=1S/C16H13BrO4/c17-14-5-6-15(13(7-14)9-18)21-10-12-4-2-1-3-11(12)8-16(19)20/h1-7,9H,8,10H2,(H,19,20). The second kappa shape index (κ2) is 7.04. The summed E-state index contributed by atoms with van der Waals surface area (Å²) in [6, 6.07) is 12.3. The normalized spacial score (nSPS) is 10.1. The molecule has 21 heavy (non-hydrogen) atoms. The van der Waals surface area contributed by atoms with E-state index in [9.17, 15) is 9.59 Å². The van der Waals surface area contributed by atoms with E-state index in [-0.39, 0.29) is 13.0 Å². The average Bonchev–Trinajstić information content (AvgIpc) is 2.46. The molecule has 0 saturated carbocycles. The molecule has 0 amide bonds. The summed E-state index contributed by atoms with van der Waals surface area (Å²) in [5.74, 6) is -0.419. The maximum atomic E-state index is 11.0. The molecule has 0 aliphatic carbocycles. The van der Waals surface area contributed by atoms with Crippen LogP contribution in [0.15, 0.2) is 46.9 Å². The third-order valence-electron chi connectivity index (χ3n) is 2.94. The molecule has 4 nitrogen and oxygen atoms in total. The average molecular weight is 349 g/mol. The summed E-state index contributed by atoms with van der Waals surface area (Å²) >= 11 is 3.29. The summed E-state index contributed by atoms with van der Waals surface area (Å²) in [5.41, 5.74) is 1.94. The summed E-state index contributed by atoms with van der Waals surface area (Å²) < 4.78 is 6.44. The number of hydrogen-bond donors (Lipinski definition) is 1. The van der Waals surface area contributed by atoms with E-state index in [1.807, 2.05) is 12.1 Å². The quantitative estimate of drug-likeness (QED) is 0.812. The number of carbonyl (C=O) groups is 2. The lowest BCUT2D eigenvalue weighted by Gasteiger charge is -2.11. The molecule has 0 aromatic heterocycles. The van der Waals surface area contributed by atoms with Crippen LogP contribution in [0, 0.1) is 0 Å². The van der Waals surface area contributed by atoms with Crippen molar-refractivity contribution in [3.8, 4) is 5.75 Å². The predicted molar refractivity (Wildman–Crippen MR) is 81.6 cm³/mol. The number of carbonyl (C=O) groups excluding carboxylic acids is 1. The summed E-state index contributed by atoms with van der Waals surface area (Å²) in [6.45, 7) is 0.214. The van der Waals surface area contributed by atoms with Crippen LogP contribution < -0.4 is 4.74 Å². The molecule has 0 spiro atoms. The van der Waals surface area contributed by atoms with Crippen molar-refractivity contribution >= 4 is 28.2 Å². The number of aldehydes is 1. The molecule has 0 aliphatic rings. The van der Waals surface area contributed by atoms with Crippen LogP contribution >= 0.6 is 15.9 Å². The molecule has 0 aliphatic heterocycles. The number of aliphatic carboxylic acids is 1. The molecule has 2 rings (SSSR count). The Labute approximate surface area is 130 Å². The molecule has 0 atom stereocenters. The smallest absolute Gasteiger partial charge is 0.307 e. The number of hydrogen-bond acceptors (Lipinski definition) is 3. The van der Waals surface area contributed by atoms with Gasteiger partial charge in [0.1, 0.15) is 12.4 Å². The van der Waals surface area contributed by atoms with Gasteiger partial charge in [0.2, 0.25) is 0 Å². The van der Waals surface area contributed by atoms with Gasteiger partial charge in [0.05, 0.1) is 12.0 Å². The van der Waals surface area contributed by atoms with Crippen molar-refractivity contribution in [2.75, 3.05) is 0 Å². The van der Waals surface area contributed by atoms with E-state index in [1.165, 1.54) is 0 Å². The van der Waals surface area contributed by atoms with E-state index in [0.29, 0.717) is 16.9 Å². The molecular weight excluding hydrogens is 336 g/mol. The Morgan fingerprint density at radius 3 is 2.57 bits per heavy atom. The Morgan fingerprint density at radius 1 is 1.19 bits per heavy atom. The lowest BCUT2D eigenvalue weighted by molar-refractivity contribution is -0.136. The molecule has 0 fully saturated rings. The van der Waals surface area contributed by atoms with Crippen LogP contribution in [0.1, 0.15) is 21.5 Å². The van der Waals surface area contributed by atoms with Crippen LogP contribution in [0.5, 0.6) is 5.75 Å². The van der Waals surface area contributed by atoms with E-state index >= 15 is 0 Å². The highest BCUT2D eigenvalue weighted by atomic mass is 79.9. The van der Waals surface area contributed by atoms with Gasteiger partial charge in [-0.25, -0.2) is 0 Å². The van der Waals surface area contributed by atoms with Crippen LogP contribution in [-0.2, 0) is 17.8 Å². The van der Waals surface area contributed by atoms with Crippen molar-refractivity contribution in [3.05, 3.63) is 63.6 Å². The van der Waals surface area contributed by atoms with E-state index in [0.717, 1.165) is 16.3 Å². The zero-order valence-corrected chi connectivity index (χ0v) is 12.7. The minimum atomic E-state index is -0.889. The molecule has 2 aromatic rings. The fourth-order valence-corrected chi connectivity index (χ4v) is 2.31. The first-order chi connectivity index (χ1) is 10.1. The number of carboxylic acid groups (broad SMARTS) is 1. The van der Waals surface area contributed by atoms with Crippen LogP contribution in [0.4, 0.5) is 0 Å². The maximum absolute atomic E-state index is 11.0. The largest absolute Gasteiger partial charge is 0.488 e. The fourth-order valence-electron chi connectivity index (χ4n) is 1.93. The number of carboxylic acids is 1. The van der Waals surface area contributed by atoms with Gasteiger partial charge in [-0.1, -0.05) is 40.2 Å². The van der Waals surface area contributed by atoms with E-state index in [2.05, 4.69) is 15.9 Å². The highest BCUT2D eigenvalue weighted by Gasteiger charge is 2.09. The van der Waals surface area contributed by atoms with Crippen molar-refractivity contribution in [2.45, 2.75) is 13.0 Å². The van der Waals surface area contributed by atoms with E-state index in [4.69, 9.17) is 9.84 Å². The van der Waals surface area contributed by atoms with Crippen LogP contribution in [0.2, 0.25) is 0 Å². The zero-order chi connectivity index (χ0) is 15.2. The summed E-state index contributed by atoms with van der Waals surface area (Å²) in [6.07, 6.45) is 0.670. The van der Waals surface area contributed by atoms with Gasteiger partial charge >= 0.3 is 5.97 Å². The van der Waals surface area contributed by atoms with Gasteiger partial charge in [-0.3, -0.25) is 9.59 Å². The number of ether oxygens (including phenoxy) is 1. The Hall–Kier alpha value is -2.14.